The van der Waals surface area contributed by atoms with Crippen LogP contribution in [-0.2, 0) is 45.0 Å². The van der Waals surface area contributed by atoms with Gasteiger partial charge in [-0.1, -0.05) is 40.5 Å². The van der Waals surface area contributed by atoms with Crippen LogP contribution >= 0.6 is 0 Å². The summed E-state index contributed by atoms with van der Waals surface area (Å²) in [5.74, 6) is 0. The van der Waals surface area contributed by atoms with Crippen molar-refractivity contribution in [1.82, 2.24) is 0 Å². The van der Waals surface area contributed by atoms with Crippen molar-refractivity contribution in [2.24, 2.45) is 10.8 Å². The first-order valence-corrected chi connectivity index (χ1v) is 9.38. The standard InChI is InChI=1S/C11H19O2.CHF3O3S.Mo.2O/c1-10(2,8-12)6-5-7-11(3,4)9-13;2-1(3,4)8(5,6)7;;;/h8H,5-7H2,1-4H3;(H,5,6,7);;;/q-1;;;;. The fourth-order valence-electron chi connectivity index (χ4n) is 1.10. The molecule has 0 saturated heterocycles. The quantitative estimate of drug-likeness (QED) is 0.212. The molecule has 0 aromatic rings. The van der Waals surface area contributed by atoms with E-state index in [1.807, 2.05) is 34.0 Å². The van der Waals surface area contributed by atoms with E-state index in [9.17, 15) is 22.8 Å². The summed E-state index contributed by atoms with van der Waals surface area (Å²) >= 11 is -2.03. The van der Waals surface area contributed by atoms with Crippen molar-refractivity contribution in [2.45, 2.75) is 52.5 Å². The van der Waals surface area contributed by atoms with Gasteiger partial charge in [0.25, 0.3) is 0 Å². The first-order chi connectivity index (χ1) is 10.5. The number of aldehydes is 1. The summed E-state index contributed by atoms with van der Waals surface area (Å²) in [6, 6.07) is 0. The minimum atomic E-state index is -5.84. The third-order valence-electron chi connectivity index (χ3n) is 2.51. The predicted octanol–water partition coefficient (Wildman–Crippen LogP) is 2.67. The van der Waals surface area contributed by atoms with Crippen LogP contribution in [0.15, 0.2) is 0 Å². The van der Waals surface area contributed by atoms with Gasteiger partial charge < -0.3 is 9.59 Å². The van der Waals surface area contributed by atoms with Gasteiger partial charge in [-0.15, -0.1) is 5.41 Å². The Hall–Kier alpha value is -0.672. The van der Waals surface area contributed by atoms with Crippen molar-refractivity contribution >= 4 is 22.7 Å². The summed E-state index contributed by atoms with van der Waals surface area (Å²) in [4.78, 5) is 21.0. The van der Waals surface area contributed by atoms with Crippen LogP contribution in [0.3, 0.4) is 0 Å². The van der Waals surface area contributed by atoms with Crippen molar-refractivity contribution in [2.75, 3.05) is 0 Å². The van der Waals surface area contributed by atoms with E-state index in [1.54, 1.807) is 0 Å². The van der Waals surface area contributed by atoms with E-state index in [0.717, 1.165) is 25.5 Å². The molecule has 0 radical (unpaired) electrons. The summed E-state index contributed by atoms with van der Waals surface area (Å²) in [7, 11) is -5.84. The van der Waals surface area contributed by atoms with Crippen molar-refractivity contribution in [3.63, 3.8) is 0 Å². The molecule has 0 amide bonds. The molecular weight excluding hydrogens is 441 g/mol. The molecule has 0 aliphatic rings. The third-order valence-corrected chi connectivity index (χ3v) is 3.10. The second-order valence-corrected chi connectivity index (χ2v) is 7.68. The summed E-state index contributed by atoms with van der Waals surface area (Å²) in [6.45, 7) is 7.57. The maximum absolute atomic E-state index is 10.7. The number of alkyl halides is 3. The molecule has 1 N–H and O–H groups in total. The van der Waals surface area contributed by atoms with Crippen molar-refractivity contribution in [3.05, 3.63) is 0 Å². The molecule has 0 atom stereocenters. The Morgan fingerprint density at radius 2 is 1.42 bits per heavy atom. The zero-order chi connectivity index (χ0) is 20.2. The fourth-order valence-corrected chi connectivity index (χ4v) is 1.10. The Morgan fingerprint density at radius 1 is 1.08 bits per heavy atom. The van der Waals surface area contributed by atoms with Gasteiger partial charge >= 0.3 is 40.9 Å². The third kappa shape index (κ3) is 17.7. The molecule has 0 heterocycles. The van der Waals surface area contributed by atoms with E-state index in [1.165, 1.54) is 0 Å². The van der Waals surface area contributed by atoms with Gasteiger partial charge in [-0.05, 0) is 6.42 Å². The van der Waals surface area contributed by atoms with Gasteiger partial charge in [0.2, 0.25) is 0 Å². The Balaban J connectivity index is -0.000000341. The molecule has 0 aliphatic carbocycles. The number of rotatable bonds is 6. The van der Waals surface area contributed by atoms with Gasteiger partial charge in [-0.25, -0.2) is 0 Å². The molecule has 24 heavy (non-hydrogen) atoms. The topological polar surface area (TPSA) is 123 Å². The molecule has 0 aromatic carbocycles. The van der Waals surface area contributed by atoms with Gasteiger partial charge in [-0.3, -0.25) is 10.8 Å². The van der Waals surface area contributed by atoms with Crippen LogP contribution in [0.2, 0.25) is 0 Å². The predicted molar refractivity (Wildman–Crippen MR) is 72.1 cm³/mol. The Labute approximate surface area is 147 Å². The molecular formula is C12H20F3MoO7S-. The Kier molecular flexibility index (Phi) is 13.8. The average molecular weight is 461 g/mol. The summed E-state index contributed by atoms with van der Waals surface area (Å²) < 4.78 is 74.6. The zero-order valence-corrected chi connectivity index (χ0v) is 16.4. The molecule has 0 fully saturated rings. The SMILES string of the molecule is CC(C)([C-]=O)CCCC(C)(C)C=O.O=S(=O)(O)C(F)(F)F.[O]=[Mo]=[O]. The maximum atomic E-state index is 10.7. The van der Waals surface area contributed by atoms with Crippen LogP contribution in [-0.4, -0.2) is 31.1 Å². The van der Waals surface area contributed by atoms with Gasteiger partial charge in [0, 0.05) is 5.41 Å². The van der Waals surface area contributed by atoms with Crippen LogP contribution in [0.25, 0.3) is 0 Å². The molecule has 0 saturated carbocycles. The average Bonchev–Trinajstić information content (AvgIpc) is 2.37. The van der Waals surface area contributed by atoms with Crippen molar-refractivity contribution in [3.8, 4) is 0 Å². The fraction of sp³-hybridized carbons (Fsp3) is 0.833. The molecule has 0 aliphatic heterocycles. The van der Waals surface area contributed by atoms with Gasteiger partial charge in [-0.2, -0.15) is 21.6 Å². The summed E-state index contributed by atoms with van der Waals surface area (Å²) in [6.07, 6.45) is 5.52. The van der Waals surface area contributed by atoms with Crippen molar-refractivity contribution < 1.29 is 61.0 Å². The second kappa shape index (κ2) is 11.8. The Morgan fingerprint density at radius 3 is 1.62 bits per heavy atom. The van der Waals surface area contributed by atoms with Crippen LogP contribution in [0.4, 0.5) is 13.2 Å². The molecule has 7 nitrogen and oxygen atoms in total. The summed E-state index contributed by atoms with van der Waals surface area (Å²) in [5.41, 5.74) is -6.15. The van der Waals surface area contributed by atoms with Crippen LogP contribution < -0.4 is 0 Å². The van der Waals surface area contributed by atoms with E-state index in [4.69, 9.17) is 19.8 Å². The van der Waals surface area contributed by atoms with E-state index >= 15 is 0 Å². The van der Waals surface area contributed by atoms with Crippen LogP contribution in [0.5, 0.6) is 0 Å². The first kappa shape index (κ1) is 28.1. The normalized spacial score (nSPS) is 12.0. The molecule has 144 valence electrons. The molecule has 0 aromatic heterocycles. The van der Waals surface area contributed by atoms with Gasteiger partial charge in [0.15, 0.2) is 0 Å². The van der Waals surface area contributed by atoms with E-state index in [0.29, 0.717) is 0 Å². The number of carbonyl (C=O) groups excluding carboxylic acids is 2. The molecule has 0 rings (SSSR count). The van der Waals surface area contributed by atoms with Gasteiger partial charge in [0.05, 0.1) is 0 Å². The van der Waals surface area contributed by atoms with E-state index in [-0.39, 0.29) is 10.8 Å². The van der Waals surface area contributed by atoms with Gasteiger partial charge in [0.1, 0.15) is 6.29 Å². The molecule has 0 bridgehead atoms. The van der Waals surface area contributed by atoms with Crippen LogP contribution in [0, 0.1) is 10.8 Å². The summed E-state index contributed by atoms with van der Waals surface area (Å²) in [5, 5.41) is 0. The minimum absolute atomic E-state index is 0.251. The number of hydrogen-bond acceptors (Lipinski definition) is 6. The number of halogens is 3. The number of hydrogen-bond donors (Lipinski definition) is 1. The van der Waals surface area contributed by atoms with E-state index in [2.05, 4.69) is 0 Å². The van der Waals surface area contributed by atoms with E-state index < -0.39 is 34.1 Å². The molecule has 0 unspecified atom stereocenters. The monoisotopic (exact) mass is 463 g/mol. The zero-order valence-electron chi connectivity index (χ0n) is 13.5. The molecule has 12 heteroatoms. The first-order valence-electron chi connectivity index (χ1n) is 6.31. The van der Waals surface area contributed by atoms with Crippen molar-refractivity contribution in [1.29, 1.82) is 0 Å². The second-order valence-electron chi connectivity index (χ2n) is 5.93. The Bertz CT molecular complexity index is 501. The number of carbonyl (C=O) groups is 1. The molecule has 0 spiro atoms. The van der Waals surface area contributed by atoms with Crippen LogP contribution in [0.1, 0.15) is 47.0 Å².